The number of hydrogen-bond acceptors (Lipinski definition) is 3. The van der Waals surface area contributed by atoms with E-state index in [-0.39, 0.29) is 5.82 Å². The van der Waals surface area contributed by atoms with Crippen molar-refractivity contribution in [2.24, 2.45) is 0 Å². The predicted octanol–water partition coefficient (Wildman–Crippen LogP) is 4.73. The minimum Gasteiger partial charge on any atom is -0.473 e. The lowest BCUT2D eigenvalue weighted by Crippen LogP contribution is -2.02. The third kappa shape index (κ3) is 3.96. The van der Waals surface area contributed by atoms with E-state index in [0.29, 0.717) is 18.3 Å². The van der Waals surface area contributed by atoms with Crippen molar-refractivity contribution in [3.8, 4) is 17.3 Å². The van der Waals surface area contributed by atoms with Gasteiger partial charge in [-0.1, -0.05) is 36.8 Å². The van der Waals surface area contributed by atoms with Gasteiger partial charge in [-0.25, -0.2) is 9.37 Å². The highest BCUT2D eigenvalue weighted by Gasteiger charge is 2.08. The molecular formula is C20H19FN2O. The number of nitrogens with zero attached hydrogens (tertiary/aromatic N) is 2. The van der Waals surface area contributed by atoms with Crippen LogP contribution in [-0.2, 0) is 13.0 Å². The quantitative estimate of drug-likeness (QED) is 0.681. The molecule has 0 atom stereocenters. The van der Waals surface area contributed by atoms with Crippen LogP contribution in [0.3, 0.4) is 0 Å². The molecule has 0 fully saturated rings. The van der Waals surface area contributed by atoms with Crippen LogP contribution in [0.1, 0.15) is 23.7 Å². The minimum atomic E-state index is -0.277. The number of ether oxygens (including phenoxy) is 1. The van der Waals surface area contributed by atoms with Gasteiger partial charge in [-0.2, -0.15) is 4.98 Å². The Balaban J connectivity index is 1.85. The van der Waals surface area contributed by atoms with E-state index in [1.807, 2.05) is 25.1 Å². The van der Waals surface area contributed by atoms with Crippen molar-refractivity contribution < 1.29 is 9.13 Å². The average molecular weight is 322 g/mol. The van der Waals surface area contributed by atoms with E-state index < -0.39 is 0 Å². The van der Waals surface area contributed by atoms with E-state index >= 15 is 0 Å². The van der Waals surface area contributed by atoms with Gasteiger partial charge < -0.3 is 4.74 Å². The predicted molar refractivity (Wildman–Crippen MR) is 92.3 cm³/mol. The van der Waals surface area contributed by atoms with Gasteiger partial charge in [0.25, 0.3) is 0 Å². The molecule has 0 aliphatic heterocycles. The molecule has 0 saturated heterocycles. The van der Waals surface area contributed by atoms with E-state index in [9.17, 15) is 4.39 Å². The second-order valence-corrected chi connectivity index (χ2v) is 5.66. The van der Waals surface area contributed by atoms with Crippen LogP contribution in [0.25, 0.3) is 11.4 Å². The first-order valence-electron chi connectivity index (χ1n) is 7.96. The largest absolute Gasteiger partial charge is 0.473 e. The minimum absolute atomic E-state index is 0.277. The summed E-state index contributed by atoms with van der Waals surface area (Å²) in [6.07, 6.45) is 0.775. The maximum atomic E-state index is 13.1. The van der Waals surface area contributed by atoms with E-state index in [0.717, 1.165) is 23.2 Å². The molecule has 0 N–H and O–H groups in total. The van der Waals surface area contributed by atoms with Crippen LogP contribution in [0.2, 0.25) is 0 Å². The number of aryl methyl sites for hydroxylation is 2. The van der Waals surface area contributed by atoms with Gasteiger partial charge in [0.1, 0.15) is 12.4 Å². The summed E-state index contributed by atoms with van der Waals surface area (Å²) < 4.78 is 19.0. The first-order valence-corrected chi connectivity index (χ1v) is 7.96. The lowest BCUT2D eigenvalue weighted by Gasteiger charge is -2.09. The molecule has 0 unspecified atom stereocenters. The van der Waals surface area contributed by atoms with Crippen LogP contribution in [0.4, 0.5) is 4.39 Å². The monoisotopic (exact) mass is 322 g/mol. The standard InChI is InChI=1S/C20H19FN2O/c1-3-18-12-19(24-13-15-6-4-5-14(2)11-15)23-20(22-18)16-7-9-17(21)10-8-16/h4-12H,3,13H2,1-2H3. The first kappa shape index (κ1) is 16.1. The van der Waals surface area contributed by atoms with Crippen molar-refractivity contribution in [1.29, 1.82) is 0 Å². The van der Waals surface area contributed by atoms with Crippen LogP contribution in [0.5, 0.6) is 5.88 Å². The summed E-state index contributed by atoms with van der Waals surface area (Å²) in [5, 5.41) is 0. The Bertz CT molecular complexity index is 831. The molecule has 0 bridgehead atoms. The molecule has 24 heavy (non-hydrogen) atoms. The summed E-state index contributed by atoms with van der Waals surface area (Å²) in [4.78, 5) is 8.97. The van der Waals surface area contributed by atoms with Gasteiger partial charge in [0.05, 0.1) is 0 Å². The second-order valence-electron chi connectivity index (χ2n) is 5.66. The molecule has 0 aliphatic rings. The van der Waals surface area contributed by atoms with Crippen LogP contribution in [0.15, 0.2) is 54.6 Å². The molecule has 1 aromatic heterocycles. The smallest absolute Gasteiger partial charge is 0.217 e. The van der Waals surface area contributed by atoms with Crippen molar-refractivity contribution in [3.05, 3.63) is 77.2 Å². The van der Waals surface area contributed by atoms with Crippen molar-refractivity contribution in [3.63, 3.8) is 0 Å². The van der Waals surface area contributed by atoms with Crippen molar-refractivity contribution >= 4 is 0 Å². The van der Waals surface area contributed by atoms with E-state index in [2.05, 4.69) is 29.0 Å². The average Bonchev–Trinajstić information content (AvgIpc) is 2.60. The van der Waals surface area contributed by atoms with Gasteiger partial charge in [0.15, 0.2) is 5.82 Å². The lowest BCUT2D eigenvalue weighted by atomic mass is 10.1. The SMILES string of the molecule is CCc1cc(OCc2cccc(C)c2)nc(-c2ccc(F)cc2)n1. The van der Waals surface area contributed by atoms with Gasteiger partial charge in [-0.3, -0.25) is 0 Å². The van der Waals surface area contributed by atoms with Crippen LogP contribution < -0.4 is 4.74 Å². The fourth-order valence-corrected chi connectivity index (χ4v) is 2.41. The molecule has 2 aromatic carbocycles. The molecule has 0 saturated carbocycles. The normalized spacial score (nSPS) is 10.6. The molecule has 3 aromatic rings. The van der Waals surface area contributed by atoms with Gasteiger partial charge in [-0.15, -0.1) is 0 Å². The summed E-state index contributed by atoms with van der Waals surface area (Å²) in [5.74, 6) is 0.803. The van der Waals surface area contributed by atoms with E-state index in [1.165, 1.54) is 17.7 Å². The summed E-state index contributed by atoms with van der Waals surface area (Å²) >= 11 is 0. The highest BCUT2D eigenvalue weighted by Crippen LogP contribution is 2.20. The maximum absolute atomic E-state index is 13.1. The molecule has 4 heteroatoms. The molecule has 0 aliphatic carbocycles. The number of hydrogen-bond donors (Lipinski definition) is 0. The van der Waals surface area contributed by atoms with Crippen LogP contribution in [0, 0.1) is 12.7 Å². The number of benzene rings is 2. The summed E-state index contributed by atoms with van der Waals surface area (Å²) in [7, 11) is 0. The molecule has 3 rings (SSSR count). The van der Waals surface area contributed by atoms with Gasteiger partial charge >= 0.3 is 0 Å². The molecule has 0 amide bonds. The third-order valence-electron chi connectivity index (χ3n) is 3.69. The van der Waals surface area contributed by atoms with Gasteiger partial charge in [0, 0.05) is 17.3 Å². The Kier molecular flexibility index (Phi) is 4.85. The molecule has 3 nitrogen and oxygen atoms in total. The topological polar surface area (TPSA) is 35.0 Å². The van der Waals surface area contributed by atoms with Gasteiger partial charge in [-0.05, 0) is 43.2 Å². The fourth-order valence-electron chi connectivity index (χ4n) is 2.41. The zero-order valence-electron chi connectivity index (χ0n) is 13.8. The summed E-state index contributed by atoms with van der Waals surface area (Å²) in [5.41, 5.74) is 3.95. The molecule has 0 radical (unpaired) electrons. The summed E-state index contributed by atoms with van der Waals surface area (Å²) in [6, 6.07) is 16.2. The Hall–Kier alpha value is -2.75. The third-order valence-corrected chi connectivity index (χ3v) is 3.69. The molecule has 122 valence electrons. The van der Waals surface area contributed by atoms with Crippen molar-refractivity contribution in [2.75, 3.05) is 0 Å². The zero-order chi connectivity index (χ0) is 16.9. The Morgan fingerprint density at radius 2 is 1.79 bits per heavy atom. The zero-order valence-corrected chi connectivity index (χ0v) is 13.8. The highest BCUT2D eigenvalue weighted by molar-refractivity contribution is 5.55. The van der Waals surface area contributed by atoms with Crippen LogP contribution >= 0.6 is 0 Å². The number of aromatic nitrogens is 2. The Morgan fingerprint density at radius 1 is 1.00 bits per heavy atom. The lowest BCUT2D eigenvalue weighted by molar-refractivity contribution is 0.293. The van der Waals surface area contributed by atoms with Crippen LogP contribution in [-0.4, -0.2) is 9.97 Å². The van der Waals surface area contributed by atoms with E-state index in [1.54, 1.807) is 12.1 Å². The van der Waals surface area contributed by atoms with Crippen molar-refractivity contribution in [1.82, 2.24) is 9.97 Å². The van der Waals surface area contributed by atoms with E-state index in [4.69, 9.17) is 4.74 Å². The molecular weight excluding hydrogens is 303 g/mol. The Morgan fingerprint density at radius 3 is 2.50 bits per heavy atom. The first-order chi connectivity index (χ1) is 11.6. The number of halogens is 1. The second kappa shape index (κ2) is 7.21. The maximum Gasteiger partial charge on any atom is 0.217 e. The Labute approximate surface area is 141 Å². The molecule has 1 heterocycles. The number of rotatable bonds is 5. The fraction of sp³-hybridized carbons (Fsp3) is 0.200. The summed E-state index contributed by atoms with van der Waals surface area (Å²) in [6.45, 7) is 4.53. The molecule has 0 spiro atoms. The highest BCUT2D eigenvalue weighted by atomic mass is 19.1. The van der Waals surface area contributed by atoms with Crippen molar-refractivity contribution in [2.45, 2.75) is 26.9 Å². The van der Waals surface area contributed by atoms with Gasteiger partial charge in [0.2, 0.25) is 5.88 Å².